The van der Waals surface area contributed by atoms with Gasteiger partial charge in [-0.25, -0.2) is 4.98 Å². The van der Waals surface area contributed by atoms with Crippen LogP contribution in [0.25, 0.3) is 11.5 Å². The third-order valence-electron chi connectivity index (χ3n) is 5.18. The first-order valence-corrected chi connectivity index (χ1v) is 9.49. The fraction of sp³-hybridized carbons (Fsp3) is 0.381. The minimum absolute atomic E-state index is 0.167. The summed E-state index contributed by atoms with van der Waals surface area (Å²) in [6.45, 7) is 7.24. The summed E-state index contributed by atoms with van der Waals surface area (Å²) in [7, 11) is 0. The maximum absolute atomic E-state index is 12.9. The van der Waals surface area contributed by atoms with E-state index in [0.29, 0.717) is 11.5 Å². The van der Waals surface area contributed by atoms with E-state index >= 15 is 0 Å². The average molecular weight is 380 g/mol. The van der Waals surface area contributed by atoms with Crippen LogP contribution in [0.1, 0.15) is 46.2 Å². The predicted octanol–water partition coefficient (Wildman–Crippen LogP) is 4.07. The Morgan fingerprint density at radius 1 is 1.21 bits per heavy atom. The smallest absolute Gasteiger partial charge is 0.259 e. The van der Waals surface area contributed by atoms with Crippen LogP contribution in [0.4, 0.5) is 5.69 Å². The second kappa shape index (κ2) is 7.59. The van der Waals surface area contributed by atoms with Gasteiger partial charge in [-0.2, -0.15) is 5.10 Å². The van der Waals surface area contributed by atoms with Crippen LogP contribution in [-0.4, -0.2) is 33.9 Å². The summed E-state index contributed by atoms with van der Waals surface area (Å²) in [5, 5.41) is 7.48. The lowest BCUT2D eigenvalue weighted by atomic mass is 10.1. The van der Waals surface area contributed by atoms with Crippen LogP contribution in [0.15, 0.2) is 35.1 Å². The molecule has 7 nitrogen and oxygen atoms in total. The van der Waals surface area contributed by atoms with Crippen LogP contribution in [0.5, 0.6) is 0 Å². The number of aryl methyl sites for hydroxylation is 2. The van der Waals surface area contributed by atoms with Crippen molar-refractivity contribution >= 4 is 11.6 Å². The van der Waals surface area contributed by atoms with Crippen LogP contribution < -0.4 is 5.32 Å². The van der Waals surface area contributed by atoms with Crippen LogP contribution in [0.3, 0.4) is 0 Å². The van der Waals surface area contributed by atoms with Crippen molar-refractivity contribution in [3.05, 3.63) is 53.2 Å². The molecule has 0 aliphatic carbocycles. The molecular formula is C21H24N4O3. The van der Waals surface area contributed by atoms with E-state index < -0.39 is 0 Å². The van der Waals surface area contributed by atoms with Gasteiger partial charge in [-0.3, -0.25) is 9.48 Å². The molecule has 7 heteroatoms. The van der Waals surface area contributed by atoms with Gasteiger partial charge < -0.3 is 14.5 Å². The molecule has 0 spiro atoms. The van der Waals surface area contributed by atoms with E-state index in [1.807, 2.05) is 43.7 Å². The maximum atomic E-state index is 12.9. The third-order valence-corrected chi connectivity index (χ3v) is 5.18. The number of hydrogen-bond acceptors (Lipinski definition) is 5. The Hall–Kier alpha value is -2.93. The molecule has 0 saturated carbocycles. The van der Waals surface area contributed by atoms with E-state index in [1.165, 1.54) is 0 Å². The largest absolute Gasteiger partial charge is 0.444 e. The van der Waals surface area contributed by atoms with E-state index in [0.717, 1.165) is 54.3 Å². The SMILES string of the molecule is Cc1coc(-c2ccc(C)c(NC(=O)c3cnn(C4CCOCC4)c3C)c2)n1. The standard InChI is InChI=1S/C21H24N4O3/c1-13-4-5-16(21-23-14(2)12-28-21)10-19(13)24-20(26)18-11-22-25(15(18)3)17-6-8-27-9-7-17/h4-5,10-12,17H,6-9H2,1-3H3,(H,24,26). The molecule has 1 amide bonds. The molecule has 0 radical (unpaired) electrons. The summed E-state index contributed by atoms with van der Waals surface area (Å²) < 4.78 is 12.9. The Labute approximate surface area is 163 Å². The fourth-order valence-corrected chi connectivity index (χ4v) is 3.51. The molecule has 28 heavy (non-hydrogen) atoms. The Bertz CT molecular complexity index is 999. The van der Waals surface area contributed by atoms with Crippen LogP contribution in [-0.2, 0) is 4.74 Å². The van der Waals surface area contributed by atoms with Gasteiger partial charge in [0.2, 0.25) is 5.89 Å². The van der Waals surface area contributed by atoms with Gasteiger partial charge in [0, 0.05) is 30.2 Å². The number of amides is 1. The zero-order valence-electron chi connectivity index (χ0n) is 16.4. The first-order valence-electron chi connectivity index (χ1n) is 9.49. The van der Waals surface area contributed by atoms with E-state index in [4.69, 9.17) is 9.15 Å². The number of benzene rings is 1. The number of rotatable bonds is 4. The van der Waals surface area contributed by atoms with E-state index in [2.05, 4.69) is 15.4 Å². The van der Waals surface area contributed by atoms with E-state index in [-0.39, 0.29) is 11.9 Å². The van der Waals surface area contributed by atoms with Crippen molar-refractivity contribution in [2.45, 2.75) is 39.7 Å². The number of nitrogens with zero attached hydrogens (tertiary/aromatic N) is 3. The van der Waals surface area contributed by atoms with Gasteiger partial charge in [0.1, 0.15) is 6.26 Å². The number of carbonyl (C=O) groups excluding carboxylic acids is 1. The molecule has 0 bridgehead atoms. The second-order valence-corrected chi connectivity index (χ2v) is 7.21. The minimum atomic E-state index is -0.167. The molecular weight excluding hydrogens is 356 g/mol. The number of oxazole rings is 1. The lowest BCUT2D eigenvalue weighted by Crippen LogP contribution is -2.22. The van der Waals surface area contributed by atoms with Gasteiger partial charge in [0.25, 0.3) is 5.91 Å². The zero-order valence-corrected chi connectivity index (χ0v) is 16.4. The minimum Gasteiger partial charge on any atom is -0.444 e. The normalized spacial score (nSPS) is 15.0. The number of nitrogens with one attached hydrogen (secondary N) is 1. The Kier molecular flexibility index (Phi) is 5.00. The van der Waals surface area contributed by atoms with Crippen molar-refractivity contribution in [2.75, 3.05) is 18.5 Å². The molecule has 3 heterocycles. The molecule has 2 aromatic heterocycles. The Balaban J connectivity index is 1.56. The molecule has 0 unspecified atom stereocenters. The summed E-state index contributed by atoms with van der Waals surface area (Å²) in [5.74, 6) is 0.371. The van der Waals surface area contributed by atoms with Crippen molar-refractivity contribution in [3.8, 4) is 11.5 Å². The quantitative estimate of drug-likeness (QED) is 0.738. The monoisotopic (exact) mass is 380 g/mol. The van der Waals surface area contributed by atoms with Crippen LogP contribution in [0.2, 0.25) is 0 Å². The molecule has 1 N–H and O–H groups in total. The highest BCUT2D eigenvalue weighted by Gasteiger charge is 2.22. The average Bonchev–Trinajstić information content (AvgIpc) is 3.30. The van der Waals surface area contributed by atoms with Crippen LogP contribution in [0, 0.1) is 20.8 Å². The zero-order chi connectivity index (χ0) is 19.7. The fourth-order valence-electron chi connectivity index (χ4n) is 3.51. The van der Waals surface area contributed by atoms with Gasteiger partial charge in [0.05, 0.1) is 23.5 Å². The summed E-state index contributed by atoms with van der Waals surface area (Å²) in [5.41, 5.74) is 4.80. The molecule has 0 atom stereocenters. The van der Waals surface area contributed by atoms with E-state index in [9.17, 15) is 4.79 Å². The molecule has 146 valence electrons. The highest BCUT2D eigenvalue weighted by atomic mass is 16.5. The highest BCUT2D eigenvalue weighted by molar-refractivity contribution is 6.05. The molecule has 1 fully saturated rings. The van der Waals surface area contributed by atoms with Crippen molar-refractivity contribution in [1.82, 2.24) is 14.8 Å². The summed E-state index contributed by atoms with van der Waals surface area (Å²) >= 11 is 0. The lowest BCUT2D eigenvalue weighted by molar-refractivity contribution is 0.0656. The second-order valence-electron chi connectivity index (χ2n) is 7.21. The van der Waals surface area contributed by atoms with Crippen molar-refractivity contribution in [1.29, 1.82) is 0 Å². The molecule has 4 rings (SSSR count). The lowest BCUT2D eigenvalue weighted by Gasteiger charge is -2.23. The highest BCUT2D eigenvalue weighted by Crippen LogP contribution is 2.27. The number of aromatic nitrogens is 3. The molecule has 1 aliphatic heterocycles. The van der Waals surface area contributed by atoms with Crippen molar-refractivity contribution in [3.63, 3.8) is 0 Å². The number of hydrogen-bond donors (Lipinski definition) is 1. The Morgan fingerprint density at radius 2 is 2.00 bits per heavy atom. The topological polar surface area (TPSA) is 82.2 Å². The van der Waals surface area contributed by atoms with Crippen molar-refractivity contribution < 1.29 is 13.9 Å². The summed E-state index contributed by atoms with van der Waals surface area (Å²) in [6, 6.07) is 6.05. The molecule has 1 saturated heterocycles. The molecule has 3 aromatic rings. The molecule has 1 aliphatic rings. The van der Waals surface area contributed by atoms with Crippen molar-refractivity contribution in [2.24, 2.45) is 0 Å². The number of anilines is 1. The van der Waals surface area contributed by atoms with Gasteiger partial charge in [-0.15, -0.1) is 0 Å². The van der Waals surface area contributed by atoms with Gasteiger partial charge in [-0.05, 0) is 51.3 Å². The predicted molar refractivity (Wildman–Crippen MR) is 105 cm³/mol. The van der Waals surface area contributed by atoms with Gasteiger partial charge in [0.15, 0.2) is 0 Å². The van der Waals surface area contributed by atoms with Gasteiger partial charge >= 0.3 is 0 Å². The maximum Gasteiger partial charge on any atom is 0.259 e. The summed E-state index contributed by atoms with van der Waals surface area (Å²) in [4.78, 5) is 17.3. The first kappa shape index (κ1) is 18.4. The molecule has 1 aromatic carbocycles. The number of ether oxygens (including phenoxy) is 1. The Morgan fingerprint density at radius 3 is 2.71 bits per heavy atom. The van der Waals surface area contributed by atoms with E-state index in [1.54, 1.807) is 12.5 Å². The first-order chi connectivity index (χ1) is 13.5. The number of carbonyl (C=O) groups is 1. The third kappa shape index (κ3) is 3.57. The van der Waals surface area contributed by atoms with Crippen LogP contribution >= 0.6 is 0 Å². The summed E-state index contributed by atoms with van der Waals surface area (Å²) in [6.07, 6.45) is 5.10. The van der Waals surface area contributed by atoms with Gasteiger partial charge in [-0.1, -0.05) is 6.07 Å².